The Kier molecular flexibility index (Phi) is 4.49. The van der Waals surface area contributed by atoms with Gasteiger partial charge in [0.25, 0.3) is 5.91 Å². The van der Waals surface area contributed by atoms with Crippen LogP contribution in [0.4, 0.5) is 5.69 Å². The first-order chi connectivity index (χ1) is 17.9. The lowest BCUT2D eigenvalue weighted by atomic mass is 9.56. The average Bonchev–Trinajstić information content (AvgIpc) is 3.34. The van der Waals surface area contributed by atoms with Gasteiger partial charge in [-0.05, 0) is 43.2 Å². The highest BCUT2D eigenvalue weighted by Gasteiger charge is 2.74. The van der Waals surface area contributed by atoms with E-state index in [1.807, 2.05) is 91.6 Å². The van der Waals surface area contributed by atoms with E-state index in [1.54, 1.807) is 24.3 Å². The molecule has 3 aromatic carbocycles. The van der Waals surface area contributed by atoms with Crippen LogP contribution in [0.1, 0.15) is 25.0 Å². The summed E-state index contributed by atoms with van der Waals surface area (Å²) in [6.45, 7) is 3.91. The van der Waals surface area contributed by atoms with Crippen molar-refractivity contribution in [3.63, 3.8) is 0 Å². The molecule has 0 bridgehead atoms. The van der Waals surface area contributed by atoms with Crippen LogP contribution in [0.5, 0.6) is 0 Å². The van der Waals surface area contributed by atoms with E-state index in [-0.39, 0.29) is 23.8 Å². The van der Waals surface area contributed by atoms with Crippen molar-refractivity contribution in [2.75, 3.05) is 4.90 Å². The number of hydrogen-bond donors (Lipinski definition) is 0. The maximum atomic E-state index is 14.5. The predicted molar refractivity (Wildman–Crippen MR) is 138 cm³/mol. The van der Waals surface area contributed by atoms with Crippen LogP contribution >= 0.6 is 0 Å². The van der Waals surface area contributed by atoms with E-state index in [4.69, 9.17) is 4.74 Å². The van der Waals surface area contributed by atoms with Gasteiger partial charge in [0.1, 0.15) is 11.0 Å². The van der Waals surface area contributed by atoms with E-state index in [0.717, 1.165) is 16.7 Å². The van der Waals surface area contributed by atoms with E-state index in [1.165, 1.54) is 4.90 Å². The van der Waals surface area contributed by atoms with E-state index in [9.17, 15) is 14.4 Å². The number of carbonyl (C=O) groups excluding carboxylic acids is 3. The molecule has 7 rings (SSSR count). The zero-order chi connectivity index (χ0) is 25.5. The molecule has 0 saturated carbocycles. The largest absolute Gasteiger partial charge is 0.355 e. The number of rotatable bonds is 3. The number of nitrogens with zero attached hydrogens (tertiary/aromatic N) is 2. The van der Waals surface area contributed by atoms with Gasteiger partial charge in [-0.1, -0.05) is 84.4 Å². The molecule has 0 spiro atoms. The Morgan fingerprint density at radius 3 is 1.86 bits per heavy atom. The number of anilines is 1. The quantitative estimate of drug-likeness (QED) is 0.318. The molecule has 4 heterocycles. The fourth-order valence-corrected chi connectivity index (χ4v) is 7.28. The van der Waals surface area contributed by atoms with E-state index in [0.29, 0.717) is 5.69 Å². The first-order valence-corrected chi connectivity index (χ1v) is 12.6. The Morgan fingerprint density at radius 2 is 1.30 bits per heavy atom. The number of β-lactam (4-membered cyclic amide) rings is 1. The molecular formula is C31H26N2O4. The van der Waals surface area contributed by atoms with Gasteiger partial charge in [-0.2, -0.15) is 0 Å². The topological polar surface area (TPSA) is 66.9 Å². The monoisotopic (exact) mass is 490 g/mol. The van der Waals surface area contributed by atoms with Crippen molar-refractivity contribution in [1.29, 1.82) is 0 Å². The molecule has 0 radical (unpaired) electrons. The Morgan fingerprint density at radius 1 is 0.757 bits per heavy atom. The summed E-state index contributed by atoms with van der Waals surface area (Å²) in [6, 6.07) is 27.7. The van der Waals surface area contributed by atoms with Crippen molar-refractivity contribution >= 4 is 23.4 Å². The highest BCUT2D eigenvalue weighted by Crippen LogP contribution is 2.59. The first-order valence-electron chi connectivity index (χ1n) is 12.6. The number of benzene rings is 3. The average molecular weight is 491 g/mol. The normalized spacial score (nSPS) is 31.4. The number of carbonyl (C=O) groups is 3. The second-order valence-corrected chi connectivity index (χ2v) is 10.6. The fourth-order valence-electron chi connectivity index (χ4n) is 7.28. The van der Waals surface area contributed by atoms with Crippen molar-refractivity contribution in [3.05, 3.63) is 114 Å². The summed E-state index contributed by atoms with van der Waals surface area (Å²) in [4.78, 5) is 44.9. The third-order valence-corrected chi connectivity index (χ3v) is 8.58. The molecule has 3 fully saturated rings. The van der Waals surface area contributed by atoms with E-state index < -0.39 is 29.1 Å². The predicted octanol–water partition coefficient (Wildman–Crippen LogP) is 3.86. The summed E-state index contributed by atoms with van der Waals surface area (Å²) < 4.78 is 6.38. The van der Waals surface area contributed by atoms with Crippen LogP contribution in [-0.2, 0) is 24.5 Å². The molecule has 0 N–H and O–H groups in total. The lowest BCUT2D eigenvalue weighted by Gasteiger charge is -2.63. The molecule has 6 heteroatoms. The molecule has 0 aromatic heterocycles. The number of amides is 3. The molecule has 3 saturated heterocycles. The molecule has 3 aromatic rings. The molecule has 1 unspecified atom stereocenters. The van der Waals surface area contributed by atoms with E-state index >= 15 is 0 Å². The molecule has 4 aliphatic heterocycles. The summed E-state index contributed by atoms with van der Waals surface area (Å²) in [5.74, 6) is -1.52. The van der Waals surface area contributed by atoms with Crippen LogP contribution in [0, 0.1) is 5.92 Å². The van der Waals surface area contributed by atoms with Crippen LogP contribution in [0.25, 0.3) is 0 Å². The molecular weight excluding hydrogens is 464 g/mol. The highest BCUT2D eigenvalue weighted by atomic mass is 16.5. The Balaban J connectivity index is 1.37. The molecule has 6 nitrogen and oxygen atoms in total. The summed E-state index contributed by atoms with van der Waals surface area (Å²) >= 11 is 0. The zero-order valence-electron chi connectivity index (χ0n) is 20.6. The highest BCUT2D eigenvalue weighted by molar-refractivity contribution is 6.24. The fraction of sp³-hybridized carbons (Fsp3) is 0.258. The summed E-state index contributed by atoms with van der Waals surface area (Å²) in [5.41, 5.74) is 1.50. The summed E-state index contributed by atoms with van der Waals surface area (Å²) in [6.07, 6.45) is 1.11. The maximum absolute atomic E-state index is 14.5. The minimum atomic E-state index is -0.931. The third kappa shape index (κ3) is 2.66. The minimum Gasteiger partial charge on any atom is -0.355 e. The second kappa shape index (κ2) is 7.49. The van der Waals surface area contributed by atoms with Crippen LogP contribution < -0.4 is 4.90 Å². The lowest BCUT2D eigenvalue weighted by Crippen LogP contribution is -2.79. The Labute approximate surface area is 215 Å². The molecule has 3 amide bonds. The second-order valence-electron chi connectivity index (χ2n) is 10.6. The molecule has 37 heavy (non-hydrogen) atoms. The van der Waals surface area contributed by atoms with Gasteiger partial charge in [0.15, 0.2) is 6.10 Å². The van der Waals surface area contributed by atoms with Gasteiger partial charge < -0.3 is 9.64 Å². The van der Waals surface area contributed by atoms with Crippen LogP contribution in [0.15, 0.2) is 103 Å². The summed E-state index contributed by atoms with van der Waals surface area (Å²) in [5, 5.41) is 0. The van der Waals surface area contributed by atoms with Gasteiger partial charge in [0.05, 0.1) is 23.7 Å². The van der Waals surface area contributed by atoms with Crippen molar-refractivity contribution < 1.29 is 19.1 Å². The first kappa shape index (κ1) is 22.2. The zero-order valence-corrected chi connectivity index (χ0v) is 20.6. The Hall–Kier alpha value is -4.03. The van der Waals surface area contributed by atoms with Crippen molar-refractivity contribution in [1.82, 2.24) is 4.90 Å². The standard InChI is InChI=1S/C31H26N2O4/c1-19-18-30(2)26(23-24(37-30)28(35)32(27(23)34)22-16-10-5-11-17-22)33-25(19)31(29(33)36,20-12-6-3-7-13-20)21-14-8-4-9-15-21/h3-18,23-26H,1-2H3/t23-,24-,25+,26?,30-/m0/s1. The van der Waals surface area contributed by atoms with Crippen molar-refractivity contribution in [3.8, 4) is 0 Å². The minimum absolute atomic E-state index is 0.0683. The number of ether oxygens (including phenoxy) is 1. The van der Waals surface area contributed by atoms with Gasteiger partial charge in [0, 0.05) is 0 Å². The summed E-state index contributed by atoms with van der Waals surface area (Å²) in [7, 11) is 0. The molecule has 5 atom stereocenters. The van der Waals surface area contributed by atoms with Crippen LogP contribution in [-0.4, -0.2) is 46.4 Å². The van der Waals surface area contributed by atoms with Gasteiger partial charge in [0.2, 0.25) is 11.8 Å². The number of fused-ring (bicyclic) bond motifs is 5. The lowest BCUT2D eigenvalue weighted by molar-refractivity contribution is -0.168. The van der Waals surface area contributed by atoms with Gasteiger partial charge in [-0.15, -0.1) is 0 Å². The number of imide groups is 1. The Bertz CT molecular complexity index is 1430. The maximum Gasteiger partial charge on any atom is 0.263 e. The van der Waals surface area contributed by atoms with E-state index in [2.05, 4.69) is 0 Å². The van der Waals surface area contributed by atoms with Gasteiger partial charge >= 0.3 is 0 Å². The molecule has 4 aliphatic rings. The van der Waals surface area contributed by atoms with Crippen LogP contribution in [0.2, 0.25) is 0 Å². The van der Waals surface area contributed by atoms with Crippen molar-refractivity contribution in [2.24, 2.45) is 5.92 Å². The van der Waals surface area contributed by atoms with Crippen LogP contribution in [0.3, 0.4) is 0 Å². The smallest absolute Gasteiger partial charge is 0.263 e. The van der Waals surface area contributed by atoms with Gasteiger partial charge in [-0.25, -0.2) is 4.90 Å². The number of hydrogen-bond acceptors (Lipinski definition) is 4. The SMILES string of the molecule is CC1=C[C@]2(C)O[C@@H]3C(=O)N(c4ccccc4)C(=O)[C@@H]3C2N2C(=O)C(c3ccccc3)(c3ccccc3)[C@@H]12. The molecule has 0 aliphatic carbocycles. The van der Waals surface area contributed by atoms with Gasteiger partial charge in [-0.3, -0.25) is 14.4 Å². The number of para-hydroxylation sites is 1. The third-order valence-electron chi connectivity index (χ3n) is 8.58. The van der Waals surface area contributed by atoms with Crippen molar-refractivity contribution in [2.45, 2.75) is 43.1 Å². The molecule has 184 valence electrons.